The topological polar surface area (TPSA) is 166 Å². The second-order valence-electron chi connectivity index (χ2n) is 11.5. The number of rotatable bonds is 3. The molecule has 11 heteroatoms. The van der Waals surface area contributed by atoms with Gasteiger partial charge in [0, 0.05) is 23.8 Å². The Labute approximate surface area is 213 Å². The number of aliphatic hydroxyl groups excluding tert-OH is 3. The van der Waals surface area contributed by atoms with E-state index in [9.17, 15) is 34.5 Å². The Balaban J connectivity index is 1.74. The van der Waals surface area contributed by atoms with E-state index in [1.54, 1.807) is 27.7 Å². The first-order valence-electron chi connectivity index (χ1n) is 12.3. The maximum Gasteiger partial charge on any atom is 0.348 e. The molecule has 2 saturated heterocycles. The van der Waals surface area contributed by atoms with E-state index in [4.69, 9.17) is 18.9 Å². The third-order valence-electron chi connectivity index (χ3n) is 9.49. The van der Waals surface area contributed by atoms with Crippen molar-refractivity contribution in [2.75, 3.05) is 13.7 Å². The molecule has 2 bridgehead atoms. The molecule has 7 unspecified atom stereocenters. The van der Waals surface area contributed by atoms with Crippen LogP contribution in [0.15, 0.2) is 23.0 Å². The van der Waals surface area contributed by atoms with Gasteiger partial charge >= 0.3 is 17.9 Å². The number of methoxy groups -OCH3 is 1. The van der Waals surface area contributed by atoms with E-state index in [2.05, 4.69) is 0 Å². The predicted molar refractivity (Wildman–Crippen MR) is 122 cm³/mol. The molecule has 10 atom stereocenters. The lowest BCUT2D eigenvalue weighted by Gasteiger charge is -2.67. The van der Waals surface area contributed by atoms with E-state index < -0.39 is 82.3 Å². The van der Waals surface area contributed by atoms with Crippen molar-refractivity contribution in [2.45, 2.75) is 70.6 Å². The van der Waals surface area contributed by atoms with E-state index in [0.717, 1.165) is 7.11 Å². The first-order valence-corrected chi connectivity index (χ1v) is 12.3. The first-order chi connectivity index (χ1) is 17.3. The summed E-state index contributed by atoms with van der Waals surface area (Å²) in [4.78, 5) is 52.2. The fourth-order valence-electron chi connectivity index (χ4n) is 8.25. The Morgan fingerprint density at radius 1 is 1.16 bits per heavy atom. The molecule has 0 amide bonds. The van der Waals surface area contributed by atoms with Gasteiger partial charge < -0.3 is 34.3 Å². The largest absolute Gasteiger partial charge is 0.504 e. The summed E-state index contributed by atoms with van der Waals surface area (Å²) < 4.78 is 22.5. The van der Waals surface area contributed by atoms with Crippen molar-refractivity contribution in [1.82, 2.24) is 0 Å². The van der Waals surface area contributed by atoms with Crippen molar-refractivity contribution in [3.8, 4) is 0 Å². The number of allylic oxidation sites excluding steroid dienone is 3. The number of carbonyl (C=O) groups excluding carboxylic acids is 4. The fraction of sp³-hybridized carbons (Fsp3) is 0.692. The summed E-state index contributed by atoms with van der Waals surface area (Å²) in [5.74, 6) is -6.30. The Kier molecular flexibility index (Phi) is 5.68. The van der Waals surface area contributed by atoms with Crippen LogP contribution in [0.3, 0.4) is 0 Å². The molecule has 11 nitrogen and oxygen atoms in total. The fourth-order valence-corrected chi connectivity index (χ4v) is 8.25. The summed E-state index contributed by atoms with van der Waals surface area (Å²) in [6.45, 7) is 6.53. The Morgan fingerprint density at radius 2 is 1.84 bits per heavy atom. The zero-order valence-corrected chi connectivity index (χ0v) is 21.3. The molecule has 5 aliphatic rings. The molecule has 0 aromatic heterocycles. The molecule has 3 N–H and O–H groups in total. The molecule has 1 spiro atoms. The first kappa shape index (κ1) is 25.9. The van der Waals surface area contributed by atoms with Gasteiger partial charge in [0.15, 0.2) is 11.5 Å². The van der Waals surface area contributed by atoms with Crippen LogP contribution < -0.4 is 0 Å². The third-order valence-corrected chi connectivity index (χ3v) is 9.49. The minimum Gasteiger partial charge on any atom is -0.504 e. The van der Waals surface area contributed by atoms with Crippen LogP contribution in [0.4, 0.5) is 0 Å². The van der Waals surface area contributed by atoms with E-state index >= 15 is 0 Å². The lowest BCUT2D eigenvalue weighted by Crippen LogP contribution is -2.79. The molecular weight excluding hydrogens is 488 g/mol. The van der Waals surface area contributed by atoms with Crippen molar-refractivity contribution >= 4 is 23.7 Å². The van der Waals surface area contributed by atoms with Gasteiger partial charge in [-0.25, -0.2) is 14.4 Å². The molecule has 4 fully saturated rings. The Morgan fingerprint density at radius 3 is 2.46 bits per heavy atom. The summed E-state index contributed by atoms with van der Waals surface area (Å²) in [6.07, 6.45) is -4.79. The SMILES string of the molecule is COC(=O)[C@]12OC[C@@]34C(CC5C(C)=C(O)C(=O)C[C@]5(C)C3C(O)C1O)OC(=O)C(OC(=O)C=C(C)C)C24. The summed E-state index contributed by atoms with van der Waals surface area (Å²) in [5.41, 5.74) is -3.50. The molecule has 2 saturated carbocycles. The minimum atomic E-state index is -2.22. The summed E-state index contributed by atoms with van der Waals surface area (Å²) in [5, 5.41) is 33.6. The smallest absolute Gasteiger partial charge is 0.348 e. The van der Waals surface area contributed by atoms with Gasteiger partial charge in [-0.05, 0) is 44.1 Å². The molecule has 0 radical (unpaired) electrons. The van der Waals surface area contributed by atoms with Crippen molar-refractivity contribution in [2.24, 2.45) is 28.6 Å². The molecular formula is C26H32O11. The van der Waals surface area contributed by atoms with Gasteiger partial charge in [0.2, 0.25) is 11.7 Å². The lowest BCUT2D eigenvalue weighted by molar-refractivity contribution is -0.290. The van der Waals surface area contributed by atoms with Gasteiger partial charge in [0.1, 0.15) is 12.2 Å². The van der Waals surface area contributed by atoms with Gasteiger partial charge in [-0.3, -0.25) is 4.79 Å². The average molecular weight is 521 g/mol. The highest BCUT2D eigenvalue weighted by Gasteiger charge is 2.85. The van der Waals surface area contributed by atoms with Gasteiger partial charge in [-0.15, -0.1) is 0 Å². The third kappa shape index (κ3) is 3.04. The number of ether oxygens (including phenoxy) is 4. The summed E-state index contributed by atoms with van der Waals surface area (Å²) in [7, 11) is 1.09. The van der Waals surface area contributed by atoms with E-state index in [-0.39, 0.29) is 25.2 Å². The van der Waals surface area contributed by atoms with Crippen LogP contribution in [0.25, 0.3) is 0 Å². The highest BCUT2D eigenvalue weighted by molar-refractivity contribution is 5.95. The monoisotopic (exact) mass is 520 g/mol. The summed E-state index contributed by atoms with van der Waals surface area (Å²) >= 11 is 0. The zero-order valence-electron chi connectivity index (χ0n) is 21.3. The molecule has 0 aromatic carbocycles. The normalized spacial score (nSPS) is 45.9. The Hall–Kier alpha value is -2.76. The van der Waals surface area contributed by atoms with Gasteiger partial charge in [0.05, 0.1) is 25.7 Å². The Bertz CT molecular complexity index is 1150. The van der Waals surface area contributed by atoms with Crippen molar-refractivity contribution in [3.63, 3.8) is 0 Å². The maximum atomic E-state index is 13.4. The van der Waals surface area contributed by atoms with E-state index in [0.29, 0.717) is 11.1 Å². The molecule has 2 aliphatic heterocycles. The van der Waals surface area contributed by atoms with Crippen LogP contribution in [0.5, 0.6) is 0 Å². The number of aliphatic hydroxyl groups is 3. The number of carbonyl (C=O) groups is 4. The minimum absolute atomic E-state index is 0.141. The van der Waals surface area contributed by atoms with Crippen LogP contribution in [-0.2, 0) is 38.1 Å². The number of Topliss-reactive ketones (excluding diaryl/α,β-unsaturated/α-hetero) is 1. The van der Waals surface area contributed by atoms with E-state index in [1.807, 2.05) is 0 Å². The lowest BCUT2D eigenvalue weighted by atomic mass is 9.38. The van der Waals surface area contributed by atoms with E-state index in [1.165, 1.54) is 6.08 Å². The molecule has 3 aliphatic carbocycles. The van der Waals surface area contributed by atoms with Crippen LogP contribution in [-0.4, -0.2) is 82.7 Å². The molecule has 37 heavy (non-hydrogen) atoms. The molecule has 5 rings (SSSR count). The predicted octanol–water partition coefficient (Wildman–Crippen LogP) is 0.517. The second-order valence-corrected chi connectivity index (χ2v) is 11.5. The number of hydrogen-bond acceptors (Lipinski definition) is 11. The number of hydrogen-bond donors (Lipinski definition) is 3. The van der Waals surface area contributed by atoms with Crippen LogP contribution >= 0.6 is 0 Å². The van der Waals surface area contributed by atoms with Crippen molar-refractivity contribution < 1.29 is 53.4 Å². The van der Waals surface area contributed by atoms with Gasteiger partial charge in [-0.2, -0.15) is 0 Å². The quantitative estimate of drug-likeness (QED) is 0.270. The van der Waals surface area contributed by atoms with Crippen LogP contribution in [0.2, 0.25) is 0 Å². The van der Waals surface area contributed by atoms with Crippen LogP contribution in [0.1, 0.15) is 40.5 Å². The van der Waals surface area contributed by atoms with Crippen molar-refractivity contribution in [3.05, 3.63) is 23.0 Å². The molecule has 202 valence electrons. The van der Waals surface area contributed by atoms with Gasteiger partial charge in [-0.1, -0.05) is 12.5 Å². The second kappa shape index (κ2) is 8.12. The highest BCUT2D eigenvalue weighted by atomic mass is 16.6. The van der Waals surface area contributed by atoms with Crippen molar-refractivity contribution in [1.29, 1.82) is 0 Å². The summed E-state index contributed by atoms with van der Waals surface area (Å²) in [6, 6.07) is 0. The average Bonchev–Trinajstić information content (AvgIpc) is 3.12. The molecule has 2 heterocycles. The standard InChI is InChI=1S/C26H32O11/c1-10(2)6-15(28)37-18-20-25-9-35-26(20,23(33)34-5)21(31)17(30)19(25)24(4)8-13(27)16(29)11(3)12(24)7-14(25)36-22(18)32/h6,12,14,17-21,29-31H,7-9H2,1-5H3/t12?,14?,17?,18?,19?,20?,21?,24-,25+,26+/m0/s1. The number of fused-ring (bicyclic) bond motifs is 2. The highest BCUT2D eigenvalue weighted by Crippen LogP contribution is 2.72. The van der Waals surface area contributed by atoms with Gasteiger partial charge in [0.25, 0.3) is 0 Å². The maximum absolute atomic E-state index is 13.4. The zero-order chi connectivity index (χ0) is 27.2. The van der Waals surface area contributed by atoms with Crippen LogP contribution in [0, 0.1) is 28.6 Å². The number of ketones is 1. The number of esters is 3. The molecule has 0 aromatic rings.